The highest BCUT2D eigenvalue weighted by atomic mass is 32.1. The van der Waals surface area contributed by atoms with Crippen molar-refractivity contribution < 1.29 is 9.90 Å². The molecule has 0 bridgehead atoms. The molecule has 0 aliphatic carbocycles. The maximum atomic E-state index is 11.4. The summed E-state index contributed by atoms with van der Waals surface area (Å²) in [5.41, 5.74) is 1.51. The van der Waals surface area contributed by atoms with Crippen LogP contribution in [0.4, 0.5) is 0 Å². The van der Waals surface area contributed by atoms with E-state index < -0.39 is 5.97 Å². The van der Waals surface area contributed by atoms with Crippen molar-refractivity contribution in [2.24, 2.45) is 5.10 Å². The molecule has 27 heavy (non-hydrogen) atoms. The standard InChI is InChI=1S/C20H14N4O2S/c25-19(26)17-8-4-3-7-16(17)12-21-24-18(22-23-20(24)27)15-10-9-13-5-1-2-6-14(13)11-15/h1-12H,(H,23,27)(H,25,26)/b21-12+. The Bertz CT molecular complexity index is 1240. The number of H-pyrrole nitrogens is 1. The van der Waals surface area contributed by atoms with Crippen LogP contribution in [0.1, 0.15) is 15.9 Å². The van der Waals surface area contributed by atoms with E-state index in [1.54, 1.807) is 18.2 Å². The third-order valence-electron chi connectivity index (χ3n) is 4.16. The van der Waals surface area contributed by atoms with Gasteiger partial charge in [-0.3, -0.25) is 0 Å². The van der Waals surface area contributed by atoms with E-state index in [4.69, 9.17) is 12.2 Å². The van der Waals surface area contributed by atoms with Gasteiger partial charge in [-0.1, -0.05) is 54.6 Å². The first-order valence-electron chi connectivity index (χ1n) is 8.17. The zero-order valence-corrected chi connectivity index (χ0v) is 14.9. The van der Waals surface area contributed by atoms with Crippen LogP contribution in [-0.2, 0) is 0 Å². The topological polar surface area (TPSA) is 83.3 Å². The number of carbonyl (C=O) groups is 1. The molecule has 1 aromatic heterocycles. The summed E-state index contributed by atoms with van der Waals surface area (Å²) in [5, 5.41) is 22.9. The van der Waals surface area contributed by atoms with Gasteiger partial charge >= 0.3 is 5.97 Å². The second kappa shape index (κ2) is 6.97. The first kappa shape index (κ1) is 16.9. The number of aromatic nitrogens is 3. The van der Waals surface area contributed by atoms with Crippen LogP contribution < -0.4 is 0 Å². The Balaban J connectivity index is 1.78. The first-order valence-corrected chi connectivity index (χ1v) is 8.57. The van der Waals surface area contributed by atoms with Gasteiger partial charge in [0.15, 0.2) is 5.82 Å². The van der Waals surface area contributed by atoms with Crippen molar-refractivity contribution in [2.75, 3.05) is 0 Å². The fourth-order valence-electron chi connectivity index (χ4n) is 2.84. The summed E-state index contributed by atoms with van der Waals surface area (Å²) in [4.78, 5) is 11.4. The highest BCUT2D eigenvalue weighted by Crippen LogP contribution is 2.23. The molecule has 0 saturated carbocycles. The molecule has 132 valence electrons. The van der Waals surface area contributed by atoms with E-state index in [2.05, 4.69) is 15.3 Å². The number of fused-ring (bicyclic) bond motifs is 1. The van der Waals surface area contributed by atoms with Crippen LogP contribution in [0.5, 0.6) is 0 Å². The molecule has 3 aromatic carbocycles. The number of nitrogens with one attached hydrogen (secondary N) is 1. The largest absolute Gasteiger partial charge is 0.478 e. The van der Waals surface area contributed by atoms with E-state index in [1.807, 2.05) is 42.5 Å². The molecule has 4 aromatic rings. The molecule has 6 nitrogen and oxygen atoms in total. The van der Waals surface area contributed by atoms with E-state index in [0.717, 1.165) is 16.3 Å². The van der Waals surface area contributed by atoms with E-state index in [0.29, 0.717) is 16.2 Å². The Labute approximate surface area is 159 Å². The van der Waals surface area contributed by atoms with Crippen LogP contribution in [0.25, 0.3) is 22.2 Å². The maximum absolute atomic E-state index is 11.4. The van der Waals surface area contributed by atoms with Gasteiger partial charge in [0, 0.05) is 11.1 Å². The summed E-state index contributed by atoms with van der Waals surface area (Å²) in [7, 11) is 0. The van der Waals surface area contributed by atoms with Gasteiger partial charge in [-0.2, -0.15) is 14.9 Å². The zero-order valence-electron chi connectivity index (χ0n) is 14.0. The lowest BCUT2D eigenvalue weighted by molar-refractivity contribution is 0.0697. The normalized spacial score (nSPS) is 11.3. The van der Waals surface area contributed by atoms with Crippen LogP contribution in [0.15, 0.2) is 71.8 Å². The molecule has 4 rings (SSSR count). The van der Waals surface area contributed by atoms with Crippen molar-refractivity contribution in [3.8, 4) is 11.4 Å². The Morgan fingerprint density at radius 2 is 1.81 bits per heavy atom. The average molecular weight is 374 g/mol. The number of aromatic amines is 1. The lowest BCUT2D eigenvalue weighted by atomic mass is 10.1. The fraction of sp³-hybridized carbons (Fsp3) is 0. The van der Waals surface area contributed by atoms with Crippen molar-refractivity contribution in [1.82, 2.24) is 14.9 Å². The molecular weight excluding hydrogens is 360 g/mol. The predicted octanol–water partition coefficient (Wildman–Crippen LogP) is 4.34. The smallest absolute Gasteiger partial charge is 0.336 e. The zero-order chi connectivity index (χ0) is 18.8. The van der Waals surface area contributed by atoms with Crippen LogP contribution in [0.2, 0.25) is 0 Å². The molecule has 0 atom stereocenters. The summed E-state index contributed by atoms with van der Waals surface area (Å²) in [5.74, 6) is -0.461. The van der Waals surface area contributed by atoms with Gasteiger partial charge < -0.3 is 5.11 Å². The van der Waals surface area contributed by atoms with E-state index in [1.165, 1.54) is 17.0 Å². The van der Waals surface area contributed by atoms with Gasteiger partial charge in [0.05, 0.1) is 11.8 Å². The van der Waals surface area contributed by atoms with E-state index in [-0.39, 0.29) is 5.56 Å². The molecule has 0 aliphatic rings. The first-order chi connectivity index (χ1) is 13.1. The molecule has 0 spiro atoms. The minimum atomic E-state index is -1.01. The second-order valence-electron chi connectivity index (χ2n) is 5.86. The van der Waals surface area contributed by atoms with Crippen molar-refractivity contribution >= 4 is 35.2 Å². The molecule has 1 heterocycles. The Morgan fingerprint density at radius 1 is 1.07 bits per heavy atom. The SMILES string of the molecule is O=C(O)c1ccccc1/C=N/n1c(-c2ccc3ccccc3c2)n[nH]c1=S. The molecule has 0 fully saturated rings. The fourth-order valence-corrected chi connectivity index (χ4v) is 3.02. The third kappa shape index (κ3) is 3.28. The van der Waals surface area contributed by atoms with Gasteiger partial charge in [0.25, 0.3) is 0 Å². The number of nitrogens with zero attached hydrogens (tertiary/aromatic N) is 3. The Hall–Kier alpha value is -3.58. The summed E-state index contributed by atoms with van der Waals surface area (Å²) in [6.45, 7) is 0. The number of hydrogen-bond acceptors (Lipinski definition) is 4. The maximum Gasteiger partial charge on any atom is 0.336 e. The predicted molar refractivity (Wildman–Crippen MR) is 107 cm³/mol. The molecule has 0 aliphatic heterocycles. The van der Waals surface area contributed by atoms with Crippen LogP contribution >= 0.6 is 12.2 Å². The number of carboxylic acids is 1. The van der Waals surface area contributed by atoms with Crippen LogP contribution in [0.3, 0.4) is 0 Å². The van der Waals surface area contributed by atoms with Crippen LogP contribution in [-0.4, -0.2) is 32.2 Å². The van der Waals surface area contributed by atoms with Gasteiger partial charge in [0.1, 0.15) is 0 Å². The van der Waals surface area contributed by atoms with E-state index >= 15 is 0 Å². The summed E-state index contributed by atoms with van der Waals surface area (Å²) < 4.78 is 1.81. The highest BCUT2D eigenvalue weighted by molar-refractivity contribution is 7.71. The number of hydrogen-bond donors (Lipinski definition) is 2. The molecular formula is C20H14N4O2S. The monoisotopic (exact) mass is 374 g/mol. The quantitative estimate of drug-likeness (QED) is 0.411. The number of rotatable bonds is 4. The lowest BCUT2D eigenvalue weighted by Gasteiger charge is -2.04. The molecule has 0 saturated heterocycles. The highest BCUT2D eigenvalue weighted by Gasteiger charge is 2.10. The van der Waals surface area contributed by atoms with Gasteiger partial charge in [-0.25, -0.2) is 9.89 Å². The van der Waals surface area contributed by atoms with Crippen LogP contribution in [0, 0.1) is 4.77 Å². The number of carboxylic acid groups (broad SMARTS) is 1. The van der Waals surface area contributed by atoms with Gasteiger partial charge in [-0.05, 0) is 35.1 Å². The summed E-state index contributed by atoms with van der Waals surface area (Å²) in [6.07, 6.45) is 1.47. The van der Waals surface area contributed by atoms with Crippen molar-refractivity contribution in [1.29, 1.82) is 0 Å². The molecule has 0 radical (unpaired) electrons. The molecule has 7 heteroatoms. The van der Waals surface area contributed by atoms with Gasteiger partial charge in [0.2, 0.25) is 4.77 Å². The Kier molecular flexibility index (Phi) is 4.35. The number of aromatic carboxylic acids is 1. The van der Waals surface area contributed by atoms with Gasteiger partial charge in [-0.15, -0.1) is 0 Å². The average Bonchev–Trinajstić information content (AvgIpc) is 3.06. The minimum absolute atomic E-state index is 0.170. The lowest BCUT2D eigenvalue weighted by Crippen LogP contribution is -2.02. The molecule has 2 N–H and O–H groups in total. The molecule has 0 amide bonds. The minimum Gasteiger partial charge on any atom is -0.478 e. The van der Waals surface area contributed by atoms with E-state index in [9.17, 15) is 9.90 Å². The molecule has 0 unspecified atom stereocenters. The Morgan fingerprint density at radius 3 is 2.63 bits per heavy atom. The third-order valence-corrected chi connectivity index (χ3v) is 4.43. The second-order valence-corrected chi connectivity index (χ2v) is 6.25. The van der Waals surface area contributed by atoms with Crippen molar-refractivity contribution in [3.63, 3.8) is 0 Å². The van der Waals surface area contributed by atoms with Crippen molar-refractivity contribution in [2.45, 2.75) is 0 Å². The summed E-state index contributed by atoms with van der Waals surface area (Å²) in [6, 6.07) is 20.6. The summed E-state index contributed by atoms with van der Waals surface area (Å²) >= 11 is 5.28. The number of benzene rings is 3. The van der Waals surface area contributed by atoms with Crippen molar-refractivity contribution in [3.05, 3.63) is 82.6 Å².